The van der Waals surface area contributed by atoms with Crippen molar-refractivity contribution >= 4 is 39.6 Å². The molecular weight excluding hydrogens is 404 g/mol. The van der Waals surface area contributed by atoms with Crippen LogP contribution < -0.4 is 10.7 Å². The monoisotopic (exact) mass is 418 g/mol. The zero-order valence-corrected chi connectivity index (χ0v) is 15.3. The molecular formula is C17H15BrN4O4. The van der Waals surface area contributed by atoms with E-state index in [9.17, 15) is 19.7 Å². The summed E-state index contributed by atoms with van der Waals surface area (Å²) in [7, 11) is 0. The van der Waals surface area contributed by atoms with Gasteiger partial charge in [-0.3, -0.25) is 19.7 Å². The summed E-state index contributed by atoms with van der Waals surface area (Å²) >= 11 is 3.08. The standard InChI is InChI=1S/C17H15BrN4O4/c1-11-2-5-13(6-3-11)17(24)19-10-16(23)21-20-9-12-4-7-14(18)15(8-12)22(25)26/h2-9H,10H2,1H3,(H,19,24)(H,21,23). The van der Waals surface area contributed by atoms with Crippen molar-refractivity contribution < 1.29 is 14.5 Å². The molecule has 0 heterocycles. The van der Waals surface area contributed by atoms with Gasteiger partial charge in [-0.25, -0.2) is 5.43 Å². The highest BCUT2D eigenvalue weighted by molar-refractivity contribution is 9.10. The minimum Gasteiger partial charge on any atom is -0.343 e. The maximum atomic E-state index is 11.9. The van der Waals surface area contributed by atoms with Gasteiger partial charge in [0.15, 0.2) is 0 Å². The van der Waals surface area contributed by atoms with Gasteiger partial charge in [-0.05, 0) is 41.1 Å². The largest absolute Gasteiger partial charge is 0.343 e. The van der Waals surface area contributed by atoms with Crippen LogP contribution in [0.15, 0.2) is 52.0 Å². The summed E-state index contributed by atoms with van der Waals surface area (Å²) in [6.45, 7) is 1.66. The van der Waals surface area contributed by atoms with E-state index in [-0.39, 0.29) is 18.1 Å². The zero-order chi connectivity index (χ0) is 19.1. The van der Waals surface area contributed by atoms with E-state index >= 15 is 0 Å². The van der Waals surface area contributed by atoms with Crippen LogP contribution in [0.25, 0.3) is 0 Å². The molecule has 0 saturated carbocycles. The fraction of sp³-hybridized carbons (Fsp3) is 0.118. The fourth-order valence-corrected chi connectivity index (χ4v) is 2.33. The van der Waals surface area contributed by atoms with Crippen molar-refractivity contribution in [3.8, 4) is 0 Å². The highest BCUT2D eigenvalue weighted by Crippen LogP contribution is 2.24. The smallest absolute Gasteiger partial charge is 0.284 e. The summed E-state index contributed by atoms with van der Waals surface area (Å²) in [5.41, 5.74) is 4.07. The van der Waals surface area contributed by atoms with Crippen molar-refractivity contribution in [2.75, 3.05) is 6.54 Å². The average molecular weight is 419 g/mol. The number of nitro benzene ring substituents is 1. The molecule has 0 aromatic heterocycles. The topological polar surface area (TPSA) is 114 Å². The number of nitro groups is 1. The molecule has 2 N–H and O–H groups in total. The summed E-state index contributed by atoms with van der Waals surface area (Å²) in [4.78, 5) is 33.9. The molecule has 0 fully saturated rings. The first kappa shape index (κ1) is 19.3. The minimum atomic E-state index is -0.527. The second kappa shape index (κ2) is 8.86. The Labute approximate surface area is 157 Å². The van der Waals surface area contributed by atoms with E-state index in [0.717, 1.165) is 5.56 Å². The van der Waals surface area contributed by atoms with E-state index in [1.54, 1.807) is 30.3 Å². The quantitative estimate of drug-likeness (QED) is 0.426. The highest BCUT2D eigenvalue weighted by Gasteiger charge is 2.11. The van der Waals surface area contributed by atoms with Gasteiger partial charge in [0, 0.05) is 17.2 Å². The van der Waals surface area contributed by atoms with Crippen LogP contribution in [-0.4, -0.2) is 29.5 Å². The molecule has 8 nitrogen and oxygen atoms in total. The lowest BCUT2D eigenvalue weighted by Crippen LogP contribution is -2.34. The third-order valence-electron chi connectivity index (χ3n) is 3.29. The SMILES string of the molecule is Cc1ccc(C(=O)NCC(=O)NN=Cc2ccc(Br)c([N+](=O)[O-])c2)cc1. The molecule has 2 aromatic carbocycles. The highest BCUT2D eigenvalue weighted by atomic mass is 79.9. The number of hydrazone groups is 1. The van der Waals surface area contributed by atoms with Crippen LogP contribution >= 0.6 is 15.9 Å². The molecule has 134 valence electrons. The number of hydrogen-bond donors (Lipinski definition) is 2. The second-order valence-electron chi connectivity index (χ2n) is 5.31. The van der Waals surface area contributed by atoms with Gasteiger partial charge in [0.25, 0.3) is 17.5 Å². The lowest BCUT2D eigenvalue weighted by molar-refractivity contribution is -0.385. The van der Waals surface area contributed by atoms with Crippen LogP contribution in [0.5, 0.6) is 0 Å². The number of nitrogens with zero attached hydrogens (tertiary/aromatic N) is 2. The molecule has 0 aliphatic rings. The Morgan fingerprint density at radius 2 is 1.92 bits per heavy atom. The van der Waals surface area contributed by atoms with Gasteiger partial charge in [-0.15, -0.1) is 0 Å². The van der Waals surface area contributed by atoms with Gasteiger partial charge in [-0.2, -0.15) is 5.10 Å². The van der Waals surface area contributed by atoms with Gasteiger partial charge in [-0.1, -0.05) is 23.8 Å². The molecule has 0 saturated heterocycles. The summed E-state index contributed by atoms with van der Waals surface area (Å²) in [5, 5.41) is 17.1. The van der Waals surface area contributed by atoms with Crippen molar-refractivity contribution in [1.29, 1.82) is 0 Å². The third-order valence-corrected chi connectivity index (χ3v) is 3.96. The lowest BCUT2D eigenvalue weighted by Gasteiger charge is -2.04. The number of nitrogens with one attached hydrogen (secondary N) is 2. The molecule has 2 rings (SSSR count). The normalized spacial score (nSPS) is 10.5. The van der Waals surface area contributed by atoms with Crippen molar-refractivity contribution in [3.63, 3.8) is 0 Å². The summed E-state index contributed by atoms with van der Waals surface area (Å²) in [6, 6.07) is 11.4. The molecule has 0 unspecified atom stereocenters. The van der Waals surface area contributed by atoms with Crippen LogP contribution in [0.3, 0.4) is 0 Å². The van der Waals surface area contributed by atoms with Crippen molar-refractivity contribution in [1.82, 2.24) is 10.7 Å². The maximum absolute atomic E-state index is 11.9. The minimum absolute atomic E-state index is 0.106. The Bertz CT molecular complexity index is 866. The van der Waals surface area contributed by atoms with E-state index in [1.807, 2.05) is 6.92 Å². The van der Waals surface area contributed by atoms with Gasteiger partial charge < -0.3 is 5.32 Å². The fourth-order valence-electron chi connectivity index (χ4n) is 1.94. The first-order chi connectivity index (χ1) is 12.4. The summed E-state index contributed by atoms with van der Waals surface area (Å²) in [5.74, 6) is -0.888. The summed E-state index contributed by atoms with van der Waals surface area (Å²) < 4.78 is 0.350. The number of aryl methyl sites for hydroxylation is 1. The maximum Gasteiger partial charge on any atom is 0.284 e. The molecule has 0 bridgehead atoms. The van der Waals surface area contributed by atoms with Crippen molar-refractivity contribution in [2.45, 2.75) is 6.92 Å². The van der Waals surface area contributed by atoms with Crippen LogP contribution in [-0.2, 0) is 4.79 Å². The molecule has 9 heteroatoms. The van der Waals surface area contributed by atoms with E-state index in [2.05, 4.69) is 31.8 Å². The first-order valence-electron chi connectivity index (χ1n) is 7.47. The Morgan fingerprint density at radius 1 is 1.23 bits per heavy atom. The molecule has 0 aliphatic carbocycles. The molecule has 2 aromatic rings. The lowest BCUT2D eigenvalue weighted by atomic mass is 10.1. The Balaban J connectivity index is 1.85. The van der Waals surface area contributed by atoms with Crippen molar-refractivity contribution in [3.05, 3.63) is 73.7 Å². The molecule has 2 amide bonds. The Morgan fingerprint density at radius 3 is 2.58 bits per heavy atom. The van der Waals surface area contributed by atoms with E-state index in [4.69, 9.17) is 0 Å². The summed E-state index contributed by atoms with van der Waals surface area (Å²) in [6.07, 6.45) is 1.28. The van der Waals surface area contributed by atoms with E-state index in [0.29, 0.717) is 15.6 Å². The molecule has 0 atom stereocenters. The number of carbonyl (C=O) groups is 2. The number of carbonyl (C=O) groups excluding carboxylic acids is 2. The number of hydrogen-bond acceptors (Lipinski definition) is 5. The van der Waals surface area contributed by atoms with Crippen LogP contribution in [0.1, 0.15) is 21.5 Å². The number of rotatable bonds is 6. The zero-order valence-electron chi connectivity index (χ0n) is 13.7. The predicted molar refractivity (Wildman–Crippen MR) is 100 cm³/mol. The Kier molecular flexibility index (Phi) is 6.56. The van der Waals surface area contributed by atoms with Crippen LogP contribution in [0.4, 0.5) is 5.69 Å². The molecule has 0 radical (unpaired) electrons. The first-order valence-corrected chi connectivity index (χ1v) is 8.27. The van der Waals surface area contributed by atoms with Crippen molar-refractivity contribution in [2.24, 2.45) is 5.10 Å². The van der Waals surface area contributed by atoms with Gasteiger partial charge in [0.2, 0.25) is 0 Å². The molecule has 0 spiro atoms. The molecule has 26 heavy (non-hydrogen) atoms. The number of benzene rings is 2. The molecule has 0 aliphatic heterocycles. The van der Waals surface area contributed by atoms with E-state index in [1.165, 1.54) is 18.3 Å². The van der Waals surface area contributed by atoms with Crippen LogP contribution in [0.2, 0.25) is 0 Å². The van der Waals surface area contributed by atoms with Gasteiger partial charge >= 0.3 is 0 Å². The average Bonchev–Trinajstić information content (AvgIpc) is 2.61. The van der Waals surface area contributed by atoms with Crippen LogP contribution in [0, 0.1) is 17.0 Å². The van der Waals surface area contributed by atoms with Gasteiger partial charge in [0.1, 0.15) is 0 Å². The predicted octanol–water partition coefficient (Wildman–Crippen LogP) is 2.55. The Hall–Kier alpha value is -3.07. The second-order valence-corrected chi connectivity index (χ2v) is 6.16. The third kappa shape index (κ3) is 5.49. The number of halogens is 1. The number of amides is 2. The van der Waals surface area contributed by atoms with Gasteiger partial charge in [0.05, 0.1) is 22.2 Å². The van der Waals surface area contributed by atoms with E-state index < -0.39 is 10.8 Å².